The van der Waals surface area contributed by atoms with Crippen LogP contribution >= 0.6 is 0 Å². The lowest BCUT2D eigenvalue weighted by Crippen LogP contribution is -2.06. The first kappa shape index (κ1) is 15.4. The number of fused-ring (bicyclic) bond motifs is 1. The number of aromatic amines is 1. The number of aliphatic hydroxyl groups excluding tert-OH is 1. The van der Waals surface area contributed by atoms with E-state index >= 15 is 0 Å². The van der Waals surface area contributed by atoms with Gasteiger partial charge in [0.2, 0.25) is 0 Å². The third-order valence-electron chi connectivity index (χ3n) is 4.87. The van der Waals surface area contributed by atoms with Crippen molar-refractivity contribution in [2.75, 3.05) is 0 Å². The van der Waals surface area contributed by atoms with E-state index in [0.29, 0.717) is 5.92 Å². The van der Waals surface area contributed by atoms with Crippen LogP contribution in [0, 0.1) is 19.8 Å². The van der Waals surface area contributed by atoms with Crippen LogP contribution in [0.4, 0.5) is 0 Å². The molecule has 0 saturated heterocycles. The Morgan fingerprint density at radius 3 is 2.58 bits per heavy atom. The van der Waals surface area contributed by atoms with Gasteiger partial charge < -0.3 is 14.6 Å². The van der Waals surface area contributed by atoms with E-state index in [9.17, 15) is 5.11 Å². The summed E-state index contributed by atoms with van der Waals surface area (Å²) in [6, 6.07) is 4.13. The van der Waals surface area contributed by atoms with E-state index in [1.807, 2.05) is 33.8 Å². The van der Waals surface area contributed by atoms with Gasteiger partial charge in [-0.1, -0.05) is 19.0 Å². The Balaban J connectivity index is 1.95. The number of hydrogen-bond donors (Lipinski definition) is 2. The molecule has 4 rings (SSSR count). The van der Waals surface area contributed by atoms with Crippen LogP contribution < -0.4 is 0 Å². The minimum atomic E-state index is -0.553. The van der Waals surface area contributed by atoms with Crippen LogP contribution in [0.2, 0.25) is 0 Å². The van der Waals surface area contributed by atoms with E-state index < -0.39 is 6.10 Å². The van der Waals surface area contributed by atoms with Crippen LogP contribution in [0.15, 0.2) is 16.7 Å². The summed E-state index contributed by atoms with van der Waals surface area (Å²) in [7, 11) is 0. The fraction of sp³-hybridized carbons (Fsp3) is 0.474. The van der Waals surface area contributed by atoms with Crippen molar-refractivity contribution in [3.8, 4) is 11.1 Å². The van der Waals surface area contributed by atoms with Crippen molar-refractivity contribution in [1.82, 2.24) is 15.1 Å². The molecule has 24 heavy (non-hydrogen) atoms. The molecule has 2 heterocycles. The lowest BCUT2D eigenvalue weighted by Gasteiger charge is -2.16. The second-order valence-corrected chi connectivity index (χ2v) is 7.25. The molecule has 1 saturated carbocycles. The first-order chi connectivity index (χ1) is 11.5. The molecule has 0 bridgehead atoms. The second kappa shape index (κ2) is 5.45. The fourth-order valence-electron chi connectivity index (χ4n) is 3.34. The summed E-state index contributed by atoms with van der Waals surface area (Å²) in [4.78, 5) is 8.25. The maximum absolute atomic E-state index is 10.7. The summed E-state index contributed by atoms with van der Waals surface area (Å²) in [6.45, 7) is 7.90. The highest BCUT2D eigenvalue weighted by Crippen LogP contribution is 2.41. The number of H-pyrrole nitrogens is 1. The van der Waals surface area contributed by atoms with Crippen LogP contribution in [0.1, 0.15) is 61.6 Å². The number of nitrogens with one attached hydrogen (secondary N) is 1. The van der Waals surface area contributed by atoms with Crippen molar-refractivity contribution in [2.24, 2.45) is 5.92 Å². The molecule has 1 fully saturated rings. The highest BCUT2D eigenvalue weighted by Gasteiger charge is 2.28. The van der Waals surface area contributed by atoms with Gasteiger partial charge in [0.25, 0.3) is 0 Å². The van der Waals surface area contributed by atoms with Gasteiger partial charge in [0.05, 0.1) is 22.8 Å². The topological polar surface area (TPSA) is 74.9 Å². The Kier molecular flexibility index (Phi) is 3.49. The molecule has 2 aromatic heterocycles. The van der Waals surface area contributed by atoms with Crippen molar-refractivity contribution in [3.63, 3.8) is 0 Å². The molecule has 1 unspecified atom stereocenters. The minimum absolute atomic E-state index is 0.120. The van der Waals surface area contributed by atoms with Gasteiger partial charge in [-0.25, -0.2) is 4.98 Å². The van der Waals surface area contributed by atoms with Crippen LogP contribution in [-0.4, -0.2) is 20.2 Å². The molecule has 2 N–H and O–H groups in total. The molecule has 0 spiro atoms. The molecule has 0 aliphatic heterocycles. The number of imidazole rings is 1. The van der Waals surface area contributed by atoms with Crippen LogP contribution in [0.5, 0.6) is 0 Å². The lowest BCUT2D eigenvalue weighted by molar-refractivity contribution is 0.128. The molecule has 126 valence electrons. The Morgan fingerprint density at radius 1 is 1.25 bits per heavy atom. The molecule has 1 aromatic carbocycles. The van der Waals surface area contributed by atoms with Gasteiger partial charge in [-0.05, 0) is 50.3 Å². The van der Waals surface area contributed by atoms with E-state index in [1.165, 1.54) is 12.8 Å². The van der Waals surface area contributed by atoms with Crippen molar-refractivity contribution >= 4 is 11.0 Å². The van der Waals surface area contributed by atoms with Gasteiger partial charge in [-0.15, -0.1) is 0 Å². The maximum Gasteiger partial charge on any atom is 0.141 e. The Bertz CT molecular complexity index is 883. The van der Waals surface area contributed by atoms with Crippen molar-refractivity contribution in [3.05, 3.63) is 35.0 Å². The van der Waals surface area contributed by atoms with Crippen LogP contribution in [0.25, 0.3) is 22.2 Å². The highest BCUT2D eigenvalue weighted by atomic mass is 16.5. The third-order valence-corrected chi connectivity index (χ3v) is 4.87. The molecular weight excluding hydrogens is 302 g/mol. The van der Waals surface area contributed by atoms with Gasteiger partial charge in [0.1, 0.15) is 11.6 Å². The van der Waals surface area contributed by atoms with Crippen LogP contribution in [-0.2, 0) is 0 Å². The first-order valence-corrected chi connectivity index (χ1v) is 8.60. The van der Waals surface area contributed by atoms with E-state index in [-0.39, 0.29) is 5.92 Å². The number of nitrogens with zero attached hydrogens (tertiary/aromatic N) is 2. The largest absolute Gasteiger partial charge is 0.388 e. The fourth-order valence-corrected chi connectivity index (χ4v) is 3.34. The third kappa shape index (κ3) is 2.44. The normalized spacial score (nSPS) is 16.2. The summed E-state index contributed by atoms with van der Waals surface area (Å²) in [5.41, 5.74) is 5.60. The van der Waals surface area contributed by atoms with E-state index in [4.69, 9.17) is 9.51 Å². The van der Waals surface area contributed by atoms with E-state index in [2.05, 4.69) is 16.2 Å². The van der Waals surface area contributed by atoms with Gasteiger partial charge >= 0.3 is 0 Å². The quantitative estimate of drug-likeness (QED) is 0.745. The average molecular weight is 325 g/mol. The van der Waals surface area contributed by atoms with Gasteiger partial charge in [-0.3, -0.25) is 0 Å². The summed E-state index contributed by atoms with van der Waals surface area (Å²) < 4.78 is 5.32. The zero-order valence-electron chi connectivity index (χ0n) is 14.6. The lowest BCUT2D eigenvalue weighted by atomic mass is 9.93. The maximum atomic E-state index is 10.7. The van der Waals surface area contributed by atoms with Crippen molar-refractivity contribution < 1.29 is 9.63 Å². The number of aromatic nitrogens is 3. The number of benzene rings is 1. The monoisotopic (exact) mass is 325 g/mol. The zero-order valence-corrected chi connectivity index (χ0v) is 14.6. The molecular formula is C19H23N3O2. The van der Waals surface area contributed by atoms with Gasteiger partial charge in [0, 0.05) is 17.0 Å². The Morgan fingerprint density at radius 2 is 2.00 bits per heavy atom. The molecule has 0 radical (unpaired) electrons. The highest BCUT2D eigenvalue weighted by molar-refractivity contribution is 5.86. The predicted octanol–water partition coefficient (Wildman–Crippen LogP) is 4.40. The Labute approximate surface area is 141 Å². The van der Waals surface area contributed by atoms with Gasteiger partial charge in [-0.2, -0.15) is 0 Å². The standard InChI is InChI=1S/C19H23N3O2/c1-9(2)18(23)14-7-13(16-10(3)22-24-11(16)4)8-15-17(14)21-19(20-15)12-5-6-12/h7-9,12,18,23H,5-6H2,1-4H3,(H,20,21). The van der Waals surface area contributed by atoms with Gasteiger partial charge in [0.15, 0.2) is 0 Å². The number of aryl methyl sites for hydroxylation is 2. The van der Waals surface area contributed by atoms with Crippen molar-refractivity contribution in [1.29, 1.82) is 0 Å². The summed E-state index contributed by atoms with van der Waals surface area (Å²) >= 11 is 0. The molecule has 5 nitrogen and oxygen atoms in total. The molecule has 1 aliphatic rings. The summed E-state index contributed by atoms with van der Waals surface area (Å²) in [5, 5.41) is 14.8. The molecule has 1 aliphatic carbocycles. The minimum Gasteiger partial charge on any atom is -0.388 e. The Hall–Kier alpha value is -2.14. The smallest absolute Gasteiger partial charge is 0.141 e. The first-order valence-electron chi connectivity index (χ1n) is 8.60. The number of rotatable bonds is 4. The SMILES string of the molecule is Cc1noc(C)c1-c1cc(C(O)C(C)C)c2nc(C3CC3)[nH]c2c1. The molecule has 1 atom stereocenters. The van der Waals surface area contributed by atoms with E-state index in [1.54, 1.807) is 0 Å². The number of aliphatic hydroxyl groups is 1. The second-order valence-electron chi connectivity index (χ2n) is 7.25. The summed E-state index contributed by atoms with van der Waals surface area (Å²) in [6.07, 6.45) is 1.83. The number of hydrogen-bond acceptors (Lipinski definition) is 4. The zero-order chi connectivity index (χ0) is 17.0. The summed E-state index contributed by atoms with van der Waals surface area (Å²) in [5.74, 6) is 2.50. The molecule has 3 aromatic rings. The van der Waals surface area contributed by atoms with E-state index in [0.717, 1.165) is 45.0 Å². The molecule has 0 amide bonds. The average Bonchev–Trinajstić information content (AvgIpc) is 3.22. The van der Waals surface area contributed by atoms with Crippen LogP contribution in [0.3, 0.4) is 0 Å². The molecule has 5 heteroatoms. The predicted molar refractivity (Wildman–Crippen MR) is 92.8 cm³/mol. The van der Waals surface area contributed by atoms with Crippen molar-refractivity contribution in [2.45, 2.75) is 52.6 Å².